The number of rotatable bonds is 1. The highest BCUT2D eigenvalue weighted by Gasteiger charge is 2.17. The van der Waals surface area contributed by atoms with Gasteiger partial charge in [-0.25, -0.2) is 4.79 Å². The van der Waals surface area contributed by atoms with Crippen LogP contribution >= 0.6 is 0 Å². The summed E-state index contributed by atoms with van der Waals surface area (Å²) in [5.41, 5.74) is -0.300. The number of pyridine rings is 1. The zero-order valence-electron chi connectivity index (χ0n) is 12.1. The molecule has 0 unspecified atom stereocenters. The molecule has 0 atom stereocenters. The van der Waals surface area contributed by atoms with Crippen molar-refractivity contribution in [2.24, 2.45) is 14.1 Å². The van der Waals surface area contributed by atoms with Crippen LogP contribution < -0.4 is 16.8 Å². The lowest BCUT2D eigenvalue weighted by Gasteiger charge is -2.14. The van der Waals surface area contributed by atoms with Crippen molar-refractivity contribution in [3.8, 4) is 0 Å². The minimum Gasteiger partial charge on any atom is -0.305 e. The summed E-state index contributed by atoms with van der Waals surface area (Å²) in [5.74, 6) is 0. The number of fused-ring (bicyclic) bond motifs is 3. The van der Waals surface area contributed by atoms with Crippen molar-refractivity contribution in [3.63, 3.8) is 0 Å². The van der Waals surface area contributed by atoms with Gasteiger partial charge in [0.05, 0.1) is 5.52 Å². The molecule has 0 aliphatic heterocycles. The maximum absolute atomic E-state index is 12.4. The average molecular weight is 285 g/mol. The Labute approximate surface area is 119 Å². The second-order valence-corrected chi connectivity index (χ2v) is 5.00. The van der Waals surface area contributed by atoms with Gasteiger partial charge in [-0.05, 0) is 13.0 Å². The molecule has 108 valence electrons. The highest BCUT2D eigenvalue weighted by Crippen LogP contribution is 2.18. The Morgan fingerprint density at radius 1 is 0.857 bits per heavy atom. The van der Waals surface area contributed by atoms with E-state index < -0.39 is 5.56 Å². The van der Waals surface area contributed by atoms with Crippen LogP contribution in [0.3, 0.4) is 0 Å². The van der Waals surface area contributed by atoms with Crippen LogP contribution in [0.4, 0.5) is 0 Å². The Morgan fingerprint density at radius 2 is 1.48 bits per heavy atom. The number of hydrogen-bond acceptors (Lipinski definition) is 3. The molecule has 0 spiro atoms. The summed E-state index contributed by atoms with van der Waals surface area (Å²) >= 11 is 0. The summed E-state index contributed by atoms with van der Waals surface area (Å²) in [7, 11) is 2.99. The predicted octanol–water partition coefficient (Wildman–Crippen LogP) is 0.572. The first-order valence-electron chi connectivity index (χ1n) is 6.70. The van der Waals surface area contributed by atoms with E-state index in [0.717, 1.165) is 4.57 Å². The molecule has 0 saturated heterocycles. The van der Waals surface area contributed by atoms with Crippen LogP contribution in [0.1, 0.15) is 6.92 Å². The second-order valence-electron chi connectivity index (χ2n) is 5.00. The molecule has 6 nitrogen and oxygen atoms in total. The molecule has 0 fully saturated rings. The average Bonchev–Trinajstić information content (AvgIpc) is 2.50. The standard InChI is InChI=1S/C15H15N3O3/c1-4-18-11-9-7-5-6-8-10(9)13(19)16(2)12(11)14(20)17(3)15(18)21/h5-8H,4H2,1-3H3. The van der Waals surface area contributed by atoms with E-state index in [0.29, 0.717) is 22.8 Å². The van der Waals surface area contributed by atoms with Gasteiger partial charge in [0.1, 0.15) is 5.52 Å². The lowest BCUT2D eigenvalue weighted by atomic mass is 10.1. The van der Waals surface area contributed by atoms with E-state index in [9.17, 15) is 14.4 Å². The topological polar surface area (TPSA) is 66.0 Å². The SMILES string of the molecule is CCn1c(=O)n(C)c(=O)c2c1c1ccccc1c(=O)n2C. The summed E-state index contributed by atoms with van der Waals surface area (Å²) in [6, 6.07) is 7.04. The molecule has 0 aliphatic carbocycles. The minimum atomic E-state index is -0.454. The first-order valence-corrected chi connectivity index (χ1v) is 6.70. The van der Waals surface area contributed by atoms with Gasteiger partial charge < -0.3 is 4.57 Å². The fourth-order valence-corrected chi connectivity index (χ4v) is 2.78. The van der Waals surface area contributed by atoms with E-state index in [4.69, 9.17) is 0 Å². The molecule has 0 radical (unpaired) electrons. The smallest absolute Gasteiger partial charge is 0.305 e. The molecule has 0 bridgehead atoms. The molecule has 3 aromatic rings. The maximum Gasteiger partial charge on any atom is 0.331 e. The Balaban J connectivity index is 2.88. The van der Waals surface area contributed by atoms with Gasteiger partial charge >= 0.3 is 5.69 Å². The van der Waals surface area contributed by atoms with Crippen molar-refractivity contribution in [3.05, 3.63) is 55.5 Å². The van der Waals surface area contributed by atoms with Crippen molar-refractivity contribution in [1.29, 1.82) is 0 Å². The number of nitrogens with zero attached hydrogens (tertiary/aromatic N) is 3. The highest BCUT2D eigenvalue weighted by molar-refractivity contribution is 6.03. The third kappa shape index (κ3) is 1.62. The third-order valence-electron chi connectivity index (χ3n) is 3.89. The van der Waals surface area contributed by atoms with Gasteiger partial charge in [-0.1, -0.05) is 18.2 Å². The molecule has 2 heterocycles. The summed E-state index contributed by atoms with van der Waals surface area (Å²) < 4.78 is 3.89. The summed E-state index contributed by atoms with van der Waals surface area (Å²) in [6.45, 7) is 2.26. The van der Waals surface area contributed by atoms with Gasteiger partial charge in [-0.3, -0.25) is 18.7 Å². The molecule has 1 aromatic carbocycles. The van der Waals surface area contributed by atoms with E-state index in [-0.39, 0.29) is 16.8 Å². The van der Waals surface area contributed by atoms with Gasteiger partial charge in [0.2, 0.25) is 0 Å². The van der Waals surface area contributed by atoms with Gasteiger partial charge in [0.25, 0.3) is 11.1 Å². The van der Waals surface area contributed by atoms with Gasteiger partial charge in [0, 0.05) is 31.4 Å². The van der Waals surface area contributed by atoms with Gasteiger partial charge in [-0.2, -0.15) is 0 Å². The van der Waals surface area contributed by atoms with Crippen LogP contribution in [0.5, 0.6) is 0 Å². The Kier molecular flexibility index (Phi) is 2.83. The molecule has 0 N–H and O–H groups in total. The predicted molar refractivity (Wildman–Crippen MR) is 81.9 cm³/mol. The fourth-order valence-electron chi connectivity index (χ4n) is 2.78. The molecule has 0 saturated carbocycles. The van der Waals surface area contributed by atoms with Crippen molar-refractivity contribution >= 4 is 21.8 Å². The monoisotopic (exact) mass is 285 g/mol. The largest absolute Gasteiger partial charge is 0.331 e. The van der Waals surface area contributed by atoms with E-state index in [1.54, 1.807) is 31.3 Å². The van der Waals surface area contributed by atoms with E-state index in [1.165, 1.54) is 16.2 Å². The lowest BCUT2D eigenvalue weighted by molar-refractivity contribution is 0.652. The Hall–Kier alpha value is -2.63. The number of aryl methyl sites for hydroxylation is 2. The molecule has 21 heavy (non-hydrogen) atoms. The maximum atomic E-state index is 12.4. The van der Waals surface area contributed by atoms with E-state index in [1.807, 2.05) is 6.92 Å². The fraction of sp³-hybridized carbons (Fsp3) is 0.267. The minimum absolute atomic E-state index is 0.239. The third-order valence-corrected chi connectivity index (χ3v) is 3.89. The van der Waals surface area contributed by atoms with Crippen LogP contribution in [0.15, 0.2) is 38.6 Å². The van der Waals surface area contributed by atoms with Crippen LogP contribution in [-0.4, -0.2) is 13.7 Å². The number of hydrogen-bond donors (Lipinski definition) is 0. The Bertz CT molecular complexity index is 1050. The Morgan fingerprint density at radius 3 is 2.10 bits per heavy atom. The van der Waals surface area contributed by atoms with Gasteiger partial charge in [-0.15, -0.1) is 0 Å². The van der Waals surface area contributed by atoms with Crippen LogP contribution in [-0.2, 0) is 20.6 Å². The van der Waals surface area contributed by atoms with E-state index >= 15 is 0 Å². The number of aromatic nitrogens is 3. The van der Waals surface area contributed by atoms with Crippen LogP contribution in [0, 0.1) is 0 Å². The second kappa shape index (κ2) is 4.44. The van der Waals surface area contributed by atoms with Crippen molar-refractivity contribution < 1.29 is 0 Å². The number of benzene rings is 1. The summed E-state index contributed by atoms with van der Waals surface area (Å²) in [5, 5.41) is 1.13. The summed E-state index contributed by atoms with van der Waals surface area (Å²) in [4.78, 5) is 37.2. The lowest BCUT2D eigenvalue weighted by Crippen LogP contribution is -2.40. The summed E-state index contributed by atoms with van der Waals surface area (Å²) in [6.07, 6.45) is 0. The normalized spacial score (nSPS) is 11.4. The quantitative estimate of drug-likeness (QED) is 0.614. The zero-order valence-corrected chi connectivity index (χ0v) is 12.1. The molecular formula is C15H15N3O3. The molecular weight excluding hydrogens is 270 g/mol. The highest BCUT2D eigenvalue weighted by atomic mass is 16.2. The molecule has 6 heteroatoms. The molecule has 0 amide bonds. The first-order chi connectivity index (χ1) is 9.99. The molecule has 3 rings (SSSR count). The molecule has 2 aromatic heterocycles. The van der Waals surface area contributed by atoms with Crippen molar-refractivity contribution in [2.45, 2.75) is 13.5 Å². The first kappa shape index (κ1) is 13.4. The van der Waals surface area contributed by atoms with Gasteiger partial charge in [0.15, 0.2) is 0 Å². The molecule has 0 aliphatic rings. The zero-order chi connectivity index (χ0) is 15.3. The van der Waals surface area contributed by atoms with Crippen molar-refractivity contribution in [2.75, 3.05) is 0 Å². The van der Waals surface area contributed by atoms with Crippen molar-refractivity contribution in [1.82, 2.24) is 13.7 Å². The van der Waals surface area contributed by atoms with E-state index in [2.05, 4.69) is 0 Å². The van der Waals surface area contributed by atoms with Crippen LogP contribution in [0.25, 0.3) is 21.8 Å². The van der Waals surface area contributed by atoms with Crippen LogP contribution in [0.2, 0.25) is 0 Å².